The first kappa shape index (κ1) is 10.7. The second-order valence-electron chi connectivity index (χ2n) is 2.79. The number of carbonyl (C=O) groups excluding carboxylic acids is 1. The van der Waals surface area contributed by atoms with Crippen LogP contribution in [0.2, 0.25) is 0 Å². The van der Waals surface area contributed by atoms with Crippen molar-refractivity contribution in [2.45, 2.75) is 0 Å². The molecule has 0 radical (unpaired) electrons. The SMILES string of the molecule is CN(C=NC(=O)c1ccccc1)CCl. The molecule has 0 spiro atoms. The van der Waals surface area contributed by atoms with Crippen molar-refractivity contribution in [2.24, 2.45) is 4.99 Å². The normalized spacial score (nSPS) is 10.4. The fourth-order valence-corrected chi connectivity index (χ4v) is 0.899. The Kier molecular flexibility index (Phi) is 4.13. The zero-order valence-electron chi connectivity index (χ0n) is 7.85. The van der Waals surface area contributed by atoms with E-state index in [2.05, 4.69) is 4.99 Å². The molecule has 0 heterocycles. The minimum atomic E-state index is -0.262. The molecule has 0 unspecified atom stereocenters. The van der Waals surface area contributed by atoms with Gasteiger partial charge in [0.1, 0.15) is 0 Å². The first-order valence-corrected chi connectivity index (χ1v) is 4.67. The number of hydrogen-bond donors (Lipinski definition) is 0. The Morgan fingerprint density at radius 2 is 2.14 bits per heavy atom. The van der Waals surface area contributed by atoms with E-state index in [1.54, 1.807) is 36.2 Å². The highest BCUT2D eigenvalue weighted by molar-refractivity contribution is 6.18. The predicted octanol–water partition coefficient (Wildman–Crippen LogP) is 1.98. The van der Waals surface area contributed by atoms with Gasteiger partial charge < -0.3 is 4.90 Å². The van der Waals surface area contributed by atoms with Crippen LogP contribution in [0, 0.1) is 0 Å². The van der Waals surface area contributed by atoms with Gasteiger partial charge in [-0.3, -0.25) is 4.79 Å². The summed E-state index contributed by atoms with van der Waals surface area (Å²) in [4.78, 5) is 16.8. The molecule has 0 aromatic heterocycles. The lowest BCUT2D eigenvalue weighted by Gasteiger charge is -2.05. The van der Waals surface area contributed by atoms with Crippen LogP contribution >= 0.6 is 11.6 Å². The molecule has 0 saturated carbocycles. The third-order valence-corrected chi connectivity index (χ3v) is 1.96. The molecule has 0 aliphatic heterocycles. The summed E-state index contributed by atoms with van der Waals surface area (Å²) in [7, 11) is 1.74. The molecule has 1 aromatic carbocycles. The highest BCUT2D eigenvalue weighted by Crippen LogP contribution is 2.00. The van der Waals surface area contributed by atoms with Gasteiger partial charge in [0.15, 0.2) is 0 Å². The van der Waals surface area contributed by atoms with Gasteiger partial charge >= 0.3 is 0 Å². The molecule has 0 N–H and O–H groups in total. The van der Waals surface area contributed by atoms with Crippen LogP contribution in [0.3, 0.4) is 0 Å². The molecular weight excluding hydrogens is 200 g/mol. The van der Waals surface area contributed by atoms with Crippen molar-refractivity contribution in [3.63, 3.8) is 0 Å². The Morgan fingerprint density at radius 1 is 1.50 bits per heavy atom. The number of benzene rings is 1. The minimum absolute atomic E-state index is 0.262. The van der Waals surface area contributed by atoms with Crippen molar-refractivity contribution in [1.29, 1.82) is 0 Å². The predicted molar refractivity (Wildman–Crippen MR) is 57.7 cm³/mol. The van der Waals surface area contributed by atoms with Gasteiger partial charge in [-0.05, 0) is 12.1 Å². The zero-order chi connectivity index (χ0) is 10.4. The van der Waals surface area contributed by atoms with Gasteiger partial charge in [0.2, 0.25) is 0 Å². The molecule has 1 aromatic rings. The summed E-state index contributed by atoms with van der Waals surface area (Å²) in [6, 6.07) is 9.21. The summed E-state index contributed by atoms with van der Waals surface area (Å²) in [5.74, 6) is -0.262. The summed E-state index contributed by atoms with van der Waals surface area (Å²) in [6.07, 6.45) is 1.42. The number of hydrogen-bond acceptors (Lipinski definition) is 1. The van der Waals surface area contributed by atoms with Crippen molar-refractivity contribution in [2.75, 3.05) is 13.1 Å². The van der Waals surface area contributed by atoms with Crippen molar-refractivity contribution in [3.05, 3.63) is 35.9 Å². The van der Waals surface area contributed by atoms with Gasteiger partial charge in [-0.15, -0.1) is 11.6 Å². The molecule has 0 saturated heterocycles. The van der Waals surface area contributed by atoms with Crippen molar-refractivity contribution < 1.29 is 4.79 Å². The van der Waals surface area contributed by atoms with Crippen molar-refractivity contribution in [3.8, 4) is 0 Å². The summed E-state index contributed by atoms with van der Waals surface area (Å²) in [5.41, 5.74) is 0.576. The fraction of sp³-hybridized carbons (Fsp3) is 0.200. The van der Waals surface area contributed by atoms with Crippen molar-refractivity contribution >= 4 is 23.8 Å². The van der Waals surface area contributed by atoms with E-state index in [9.17, 15) is 4.79 Å². The van der Waals surface area contributed by atoms with E-state index in [1.165, 1.54) is 6.34 Å². The number of carbonyl (C=O) groups is 1. The molecule has 74 valence electrons. The van der Waals surface area contributed by atoms with Gasteiger partial charge in [0.25, 0.3) is 5.91 Å². The molecule has 1 rings (SSSR count). The van der Waals surface area contributed by atoms with E-state index in [4.69, 9.17) is 11.6 Å². The molecule has 0 bridgehead atoms. The zero-order valence-corrected chi connectivity index (χ0v) is 8.61. The highest BCUT2D eigenvalue weighted by Gasteiger charge is 2.00. The summed E-state index contributed by atoms with van der Waals surface area (Å²) in [5, 5.41) is 0. The van der Waals surface area contributed by atoms with E-state index in [1.807, 2.05) is 6.07 Å². The molecule has 14 heavy (non-hydrogen) atoms. The minimum Gasteiger partial charge on any atom is -0.352 e. The smallest absolute Gasteiger partial charge is 0.278 e. The van der Waals surface area contributed by atoms with E-state index in [0.29, 0.717) is 11.6 Å². The topological polar surface area (TPSA) is 32.7 Å². The maximum atomic E-state index is 11.4. The van der Waals surface area contributed by atoms with Crippen LogP contribution in [0.5, 0.6) is 0 Å². The van der Waals surface area contributed by atoms with E-state index >= 15 is 0 Å². The van der Waals surface area contributed by atoms with Crippen LogP contribution < -0.4 is 0 Å². The molecule has 3 nitrogen and oxygen atoms in total. The van der Waals surface area contributed by atoms with Gasteiger partial charge in [0.05, 0.1) is 12.3 Å². The molecule has 4 heteroatoms. The van der Waals surface area contributed by atoms with E-state index in [0.717, 1.165) is 0 Å². The Morgan fingerprint density at radius 3 is 2.71 bits per heavy atom. The molecule has 0 atom stereocenters. The average Bonchev–Trinajstić information content (AvgIpc) is 2.26. The second kappa shape index (κ2) is 5.40. The van der Waals surface area contributed by atoms with Crippen LogP contribution in [-0.2, 0) is 0 Å². The Balaban J connectivity index is 2.64. The third kappa shape index (κ3) is 3.18. The highest BCUT2D eigenvalue weighted by atomic mass is 35.5. The first-order valence-electron chi connectivity index (χ1n) is 4.14. The summed E-state index contributed by atoms with van der Waals surface area (Å²) >= 11 is 5.50. The van der Waals surface area contributed by atoms with Crippen molar-refractivity contribution in [1.82, 2.24) is 4.90 Å². The number of amides is 1. The Labute approximate surface area is 88.0 Å². The number of rotatable bonds is 3. The molecule has 1 amide bonds. The lowest BCUT2D eigenvalue weighted by molar-refractivity contribution is 0.100. The number of aliphatic imine (C=N–C) groups is 1. The number of halogens is 1. The van der Waals surface area contributed by atoms with Crippen LogP contribution in [0.25, 0.3) is 0 Å². The summed E-state index contributed by atoms with van der Waals surface area (Å²) in [6.45, 7) is 0. The lowest BCUT2D eigenvalue weighted by Crippen LogP contribution is -2.14. The summed E-state index contributed by atoms with van der Waals surface area (Å²) < 4.78 is 0. The monoisotopic (exact) mass is 210 g/mol. The average molecular weight is 211 g/mol. The second-order valence-corrected chi connectivity index (χ2v) is 3.03. The first-order chi connectivity index (χ1) is 6.74. The number of alkyl halides is 1. The Bertz CT molecular complexity index is 324. The molecule has 0 aliphatic carbocycles. The van der Waals surface area contributed by atoms with Crippen LogP contribution in [0.15, 0.2) is 35.3 Å². The van der Waals surface area contributed by atoms with Gasteiger partial charge in [-0.1, -0.05) is 18.2 Å². The molecule has 0 fully saturated rings. The molecule has 0 aliphatic rings. The van der Waals surface area contributed by atoms with Gasteiger partial charge in [-0.2, -0.15) is 4.99 Å². The lowest BCUT2D eigenvalue weighted by atomic mass is 10.2. The van der Waals surface area contributed by atoms with Crippen LogP contribution in [0.1, 0.15) is 10.4 Å². The Hall–Kier alpha value is -1.35. The van der Waals surface area contributed by atoms with Gasteiger partial charge in [0, 0.05) is 12.6 Å². The van der Waals surface area contributed by atoms with Crippen LogP contribution in [-0.4, -0.2) is 30.2 Å². The number of nitrogens with zero attached hydrogens (tertiary/aromatic N) is 2. The maximum Gasteiger partial charge on any atom is 0.278 e. The van der Waals surface area contributed by atoms with Gasteiger partial charge in [-0.25, -0.2) is 0 Å². The largest absolute Gasteiger partial charge is 0.352 e. The standard InChI is InChI=1S/C10H11ClN2O/c1-13(7-11)8-12-10(14)9-5-3-2-4-6-9/h2-6,8H,7H2,1H3. The quantitative estimate of drug-likeness (QED) is 0.331. The third-order valence-electron chi connectivity index (χ3n) is 1.58. The fourth-order valence-electron chi connectivity index (χ4n) is 0.837. The van der Waals surface area contributed by atoms with E-state index in [-0.39, 0.29) is 5.91 Å². The molecular formula is C10H11ClN2O. The van der Waals surface area contributed by atoms with E-state index < -0.39 is 0 Å². The van der Waals surface area contributed by atoms with Crippen LogP contribution in [0.4, 0.5) is 0 Å². The maximum absolute atomic E-state index is 11.4.